The summed E-state index contributed by atoms with van der Waals surface area (Å²) in [4.78, 5) is 4.49. The number of rotatable bonds is 7. The molecule has 6 nitrogen and oxygen atoms in total. The number of likely N-dealkylation sites (N-methyl/N-ethyl adjacent to an activating group) is 1. The molecule has 0 radical (unpaired) electrons. The maximum atomic E-state index is 10.3. The third kappa shape index (κ3) is 5.14. The molecule has 1 aliphatic heterocycles. The fourth-order valence-electron chi connectivity index (χ4n) is 3.23. The van der Waals surface area contributed by atoms with Gasteiger partial charge in [-0.3, -0.25) is 4.90 Å². The predicted octanol–water partition coefficient (Wildman–Crippen LogP) is 1.82. The second-order valence-corrected chi connectivity index (χ2v) is 6.54. The van der Waals surface area contributed by atoms with Gasteiger partial charge in [-0.05, 0) is 44.2 Å². The molecule has 0 spiro atoms. The molecule has 0 bridgehead atoms. The van der Waals surface area contributed by atoms with Crippen LogP contribution in [0.3, 0.4) is 0 Å². The largest absolute Gasteiger partial charge is 0.491 e. The van der Waals surface area contributed by atoms with Gasteiger partial charge in [0.05, 0.1) is 0 Å². The van der Waals surface area contributed by atoms with E-state index in [1.54, 1.807) is 6.20 Å². The van der Waals surface area contributed by atoms with Crippen molar-refractivity contribution in [3.8, 4) is 5.75 Å². The molecule has 1 aromatic carbocycles. The number of anilines is 1. The van der Waals surface area contributed by atoms with E-state index in [1.807, 2.05) is 42.5 Å². The van der Waals surface area contributed by atoms with E-state index in [-0.39, 0.29) is 0 Å². The Kier molecular flexibility index (Phi) is 6.19. The number of aliphatic hydroxyl groups excluding tert-OH is 1. The van der Waals surface area contributed by atoms with Gasteiger partial charge in [-0.1, -0.05) is 18.2 Å². The summed E-state index contributed by atoms with van der Waals surface area (Å²) in [5.41, 5.74) is 0. The van der Waals surface area contributed by atoms with E-state index in [0.717, 1.165) is 37.5 Å². The van der Waals surface area contributed by atoms with E-state index in [4.69, 9.17) is 4.74 Å². The van der Waals surface area contributed by atoms with Gasteiger partial charge >= 0.3 is 0 Å². The minimum atomic E-state index is -0.517. The lowest BCUT2D eigenvalue weighted by molar-refractivity contribution is 0.0603. The normalized spacial score (nSPS) is 19.0. The van der Waals surface area contributed by atoms with Gasteiger partial charge in [0.2, 0.25) is 0 Å². The summed E-state index contributed by atoms with van der Waals surface area (Å²) < 4.78 is 5.64. The van der Waals surface area contributed by atoms with Crippen LogP contribution in [-0.2, 0) is 0 Å². The zero-order valence-electron chi connectivity index (χ0n) is 14.7. The molecular weight excluding hydrogens is 316 g/mol. The summed E-state index contributed by atoms with van der Waals surface area (Å²) in [5.74, 6) is 1.71. The topological polar surface area (TPSA) is 61.7 Å². The highest BCUT2D eigenvalue weighted by atomic mass is 16.5. The Bertz CT molecular complexity index is 626. The van der Waals surface area contributed by atoms with Crippen molar-refractivity contribution in [1.29, 1.82) is 0 Å². The third-order valence-electron chi connectivity index (χ3n) is 4.59. The summed E-state index contributed by atoms with van der Waals surface area (Å²) in [6.45, 7) is 2.80. The number of piperidine rings is 1. The molecule has 1 N–H and O–H groups in total. The van der Waals surface area contributed by atoms with Crippen LogP contribution in [0.2, 0.25) is 0 Å². The first-order chi connectivity index (χ1) is 12.2. The number of hydrogen-bond acceptors (Lipinski definition) is 6. The molecule has 0 aliphatic carbocycles. The van der Waals surface area contributed by atoms with Gasteiger partial charge in [0.15, 0.2) is 5.82 Å². The first kappa shape index (κ1) is 17.6. The van der Waals surface area contributed by atoms with E-state index in [2.05, 4.69) is 27.0 Å². The van der Waals surface area contributed by atoms with Crippen LogP contribution >= 0.6 is 0 Å². The fraction of sp³-hybridized carbons (Fsp3) is 0.474. The lowest BCUT2D eigenvalue weighted by Crippen LogP contribution is -2.49. The van der Waals surface area contributed by atoms with Gasteiger partial charge in [-0.2, -0.15) is 5.10 Å². The SMILES string of the molecule is CN(C[C@@H](O)COc1ccccc1)[C@@H]1CCCN(c2cccnn2)C1. The van der Waals surface area contributed by atoms with Gasteiger partial charge < -0.3 is 14.7 Å². The number of ether oxygens (including phenoxy) is 1. The smallest absolute Gasteiger partial charge is 0.151 e. The molecular formula is C19H26N4O2. The molecule has 6 heteroatoms. The number of aliphatic hydroxyl groups is 1. The first-order valence-electron chi connectivity index (χ1n) is 8.81. The van der Waals surface area contributed by atoms with Gasteiger partial charge in [0.1, 0.15) is 18.5 Å². The van der Waals surface area contributed by atoms with Crippen molar-refractivity contribution in [3.63, 3.8) is 0 Å². The Morgan fingerprint density at radius 2 is 2.12 bits per heavy atom. The van der Waals surface area contributed by atoms with E-state index in [1.165, 1.54) is 0 Å². The number of benzene rings is 1. The highest BCUT2D eigenvalue weighted by molar-refractivity contribution is 5.37. The molecule has 2 atom stereocenters. The molecule has 1 aromatic heterocycles. The molecule has 0 unspecified atom stereocenters. The van der Waals surface area contributed by atoms with Crippen molar-refractivity contribution in [3.05, 3.63) is 48.7 Å². The van der Waals surface area contributed by atoms with Gasteiger partial charge in [0.25, 0.3) is 0 Å². The highest BCUT2D eigenvalue weighted by Crippen LogP contribution is 2.20. The second kappa shape index (κ2) is 8.78. The lowest BCUT2D eigenvalue weighted by atomic mass is 10.0. The van der Waals surface area contributed by atoms with Crippen LogP contribution in [0.5, 0.6) is 5.75 Å². The van der Waals surface area contributed by atoms with Crippen molar-refractivity contribution in [2.75, 3.05) is 38.2 Å². The number of aromatic nitrogens is 2. The molecule has 3 rings (SSSR count). The Morgan fingerprint density at radius 3 is 2.88 bits per heavy atom. The predicted molar refractivity (Wildman–Crippen MR) is 97.8 cm³/mol. The Labute approximate surface area is 149 Å². The van der Waals surface area contributed by atoms with Crippen LogP contribution in [-0.4, -0.2) is 65.6 Å². The van der Waals surface area contributed by atoms with Gasteiger partial charge in [-0.15, -0.1) is 5.10 Å². The van der Waals surface area contributed by atoms with Crippen LogP contribution < -0.4 is 9.64 Å². The molecule has 2 aromatic rings. The summed E-state index contributed by atoms with van der Waals surface area (Å²) in [6.07, 6.45) is 3.42. The second-order valence-electron chi connectivity index (χ2n) is 6.54. The van der Waals surface area contributed by atoms with Crippen molar-refractivity contribution < 1.29 is 9.84 Å². The van der Waals surface area contributed by atoms with Crippen LogP contribution in [0.4, 0.5) is 5.82 Å². The van der Waals surface area contributed by atoms with Crippen molar-refractivity contribution >= 4 is 5.82 Å². The number of para-hydroxylation sites is 1. The van der Waals surface area contributed by atoms with Crippen LogP contribution in [0, 0.1) is 0 Å². The summed E-state index contributed by atoms with van der Waals surface area (Å²) in [5, 5.41) is 18.5. The zero-order chi connectivity index (χ0) is 17.5. The van der Waals surface area contributed by atoms with E-state index in [9.17, 15) is 5.11 Å². The van der Waals surface area contributed by atoms with Gasteiger partial charge in [0, 0.05) is 31.9 Å². The van der Waals surface area contributed by atoms with Gasteiger partial charge in [-0.25, -0.2) is 0 Å². The quantitative estimate of drug-likeness (QED) is 0.828. The average molecular weight is 342 g/mol. The minimum Gasteiger partial charge on any atom is -0.491 e. The molecule has 1 fully saturated rings. The van der Waals surface area contributed by atoms with Crippen LogP contribution in [0.25, 0.3) is 0 Å². The summed E-state index contributed by atoms with van der Waals surface area (Å²) >= 11 is 0. The average Bonchev–Trinajstić information content (AvgIpc) is 2.68. The maximum Gasteiger partial charge on any atom is 0.151 e. The standard InChI is InChI=1S/C19H26N4O2/c1-22(14-17(24)15-25-18-8-3-2-4-9-18)16-7-6-12-23(13-16)19-10-5-11-20-21-19/h2-5,8-11,16-17,24H,6-7,12-15H2,1H3/t16-,17-/m1/s1. The Hall–Kier alpha value is -2.18. The molecule has 2 heterocycles. The summed E-state index contributed by atoms with van der Waals surface area (Å²) in [6, 6.07) is 13.9. The zero-order valence-corrected chi connectivity index (χ0v) is 14.7. The molecule has 0 amide bonds. The number of hydrogen-bond donors (Lipinski definition) is 1. The summed E-state index contributed by atoms with van der Waals surface area (Å²) in [7, 11) is 2.07. The third-order valence-corrected chi connectivity index (χ3v) is 4.59. The highest BCUT2D eigenvalue weighted by Gasteiger charge is 2.25. The van der Waals surface area contributed by atoms with E-state index < -0.39 is 6.10 Å². The van der Waals surface area contributed by atoms with Crippen LogP contribution in [0.15, 0.2) is 48.7 Å². The van der Waals surface area contributed by atoms with Crippen LogP contribution in [0.1, 0.15) is 12.8 Å². The molecule has 1 aliphatic rings. The lowest BCUT2D eigenvalue weighted by Gasteiger charge is -2.38. The van der Waals surface area contributed by atoms with Crippen molar-refractivity contribution in [2.24, 2.45) is 0 Å². The minimum absolute atomic E-state index is 0.301. The number of nitrogens with zero attached hydrogens (tertiary/aromatic N) is 4. The maximum absolute atomic E-state index is 10.3. The molecule has 25 heavy (non-hydrogen) atoms. The first-order valence-corrected chi connectivity index (χ1v) is 8.81. The van der Waals surface area contributed by atoms with E-state index >= 15 is 0 Å². The van der Waals surface area contributed by atoms with Crippen molar-refractivity contribution in [2.45, 2.75) is 25.0 Å². The molecule has 0 saturated carbocycles. The molecule has 1 saturated heterocycles. The van der Waals surface area contributed by atoms with Crippen molar-refractivity contribution in [1.82, 2.24) is 15.1 Å². The molecule has 134 valence electrons. The fourth-order valence-corrected chi connectivity index (χ4v) is 3.23. The monoisotopic (exact) mass is 342 g/mol. The van der Waals surface area contributed by atoms with E-state index in [0.29, 0.717) is 19.2 Å². The Balaban J connectivity index is 1.47. The Morgan fingerprint density at radius 1 is 1.28 bits per heavy atom.